The molecule has 0 bridgehead atoms. The molecule has 1 aromatic rings. The zero-order chi connectivity index (χ0) is 9.97. The maximum absolute atomic E-state index is 5.72. The van der Waals surface area contributed by atoms with Gasteiger partial charge in [0.2, 0.25) is 0 Å². The summed E-state index contributed by atoms with van der Waals surface area (Å²) in [6, 6.07) is 8.37. The number of methoxy groups -OCH3 is 1. The number of alkyl halides is 1. The van der Waals surface area contributed by atoms with Gasteiger partial charge in [0.25, 0.3) is 0 Å². The van der Waals surface area contributed by atoms with Crippen LogP contribution >= 0.6 is 11.6 Å². The molecule has 0 radical (unpaired) electrons. The number of rotatable bonds is 3. The lowest BCUT2D eigenvalue weighted by molar-refractivity contribution is 0.0788. The summed E-state index contributed by atoms with van der Waals surface area (Å²) in [7, 11) is 1.76. The third-order valence-corrected chi connectivity index (χ3v) is 2.95. The Balaban J connectivity index is 1.98. The first-order valence-electron chi connectivity index (χ1n) is 4.76. The van der Waals surface area contributed by atoms with Gasteiger partial charge in [-0.1, -0.05) is 12.1 Å². The van der Waals surface area contributed by atoms with Crippen molar-refractivity contribution in [1.29, 1.82) is 0 Å². The Morgan fingerprint density at radius 2 is 2.00 bits per heavy atom. The Kier molecular flexibility index (Phi) is 2.94. The number of anilines is 1. The maximum Gasteiger partial charge on any atom is 0.0920 e. The van der Waals surface area contributed by atoms with E-state index in [4.69, 9.17) is 16.3 Å². The van der Waals surface area contributed by atoms with E-state index in [0.29, 0.717) is 12.0 Å². The van der Waals surface area contributed by atoms with Gasteiger partial charge in [0, 0.05) is 31.8 Å². The van der Waals surface area contributed by atoms with E-state index >= 15 is 0 Å². The van der Waals surface area contributed by atoms with E-state index in [2.05, 4.69) is 29.2 Å². The van der Waals surface area contributed by atoms with Gasteiger partial charge in [-0.3, -0.25) is 0 Å². The summed E-state index contributed by atoms with van der Waals surface area (Å²) in [5.74, 6) is 0.584. The van der Waals surface area contributed by atoms with E-state index < -0.39 is 0 Å². The van der Waals surface area contributed by atoms with Crippen LogP contribution in [0, 0.1) is 0 Å². The first-order valence-corrected chi connectivity index (χ1v) is 5.29. The summed E-state index contributed by atoms with van der Waals surface area (Å²) in [4.78, 5) is 2.30. The van der Waals surface area contributed by atoms with E-state index in [1.807, 2.05) is 0 Å². The molecule has 0 atom stereocenters. The second-order valence-corrected chi connectivity index (χ2v) is 3.83. The topological polar surface area (TPSA) is 12.5 Å². The van der Waals surface area contributed by atoms with Crippen molar-refractivity contribution in [2.24, 2.45) is 0 Å². The Labute approximate surface area is 89.4 Å². The molecule has 1 heterocycles. The minimum atomic E-state index is 0.405. The lowest BCUT2D eigenvalue weighted by atomic mass is 10.1. The fraction of sp³-hybridized carbons (Fsp3) is 0.455. The average molecular weight is 212 g/mol. The van der Waals surface area contributed by atoms with Crippen LogP contribution in [0.15, 0.2) is 24.3 Å². The van der Waals surface area contributed by atoms with Crippen LogP contribution in [0.3, 0.4) is 0 Å². The molecule has 0 spiro atoms. The van der Waals surface area contributed by atoms with Crippen molar-refractivity contribution < 1.29 is 4.74 Å². The Hall–Kier alpha value is -0.730. The SMILES string of the molecule is COC1CN(c2ccc(CCl)cc2)C1. The predicted molar refractivity (Wildman–Crippen MR) is 59.0 cm³/mol. The fourth-order valence-corrected chi connectivity index (χ4v) is 1.77. The van der Waals surface area contributed by atoms with Gasteiger partial charge >= 0.3 is 0 Å². The largest absolute Gasteiger partial charge is 0.378 e. The number of hydrogen-bond donors (Lipinski definition) is 0. The Morgan fingerprint density at radius 1 is 1.36 bits per heavy atom. The molecule has 14 heavy (non-hydrogen) atoms. The molecule has 2 nitrogen and oxygen atoms in total. The maximum atomic E-state index is 5.72. The number of ether oxygens (including phenoxy) is 1. The average Bonchev–Trinajstić information content (AvgIpc) is 2.17. The number of halogens is 1. The predicted octanol–water partition coefficient (Wildman–Crippen LogP) is 2.26. The highest BCUT2D eigenvalue weighted by Crippen LogP contribution is 2.22. The van der Waals surface area contributed by atoms with E-state index in [1.165, 1.54) is 11.3 Å². The normalized spacial score (nSPS) is 16.9. The van der Waals surface area contributed by atoms with Gasteiger partial charge in [-0.05, 0) is 17.7 Å². The molecule has 3 heteroatoms. The number of benzene rings is 1. The third-order valence-electron chi connectivity index (χ3n) is 2.64. The molecule has 0 aliphatic carbocycles. The van der Waals surface area contributed by atoms with Gasteiger partial charge in [-0.2, -0.15) is 0 Å². The van der Waals surface area contributed by atoms with Crippen molar-refractivity contribution in [3.05, 3.63) is 29.8 Å². The van der Waals surface area contributed by atoms with Gasteiger partial charge in [-0.25, -0.2) is 0 Å². The van der Waals surface area contributed by atoms with Crippen LogP contribution in [0.5, 0.6) is 0 Å². The van der Waals surface area contributed by atoms with E-state index in [0.717, 1.165) is 13.1 Å². The van der Waals surface area contributed by atoms with Gasteiger partial charge < -0.3 is 9.64 Å². The van der Waals surface area contributed by atoms with Crippen molar-refractivity contribution >= 4 is 17.3 Å². The minimum Gasteiger partial charge on any atom is -0.378 e. The molecule has 0 amide bonds. The second kappa shape index (κ2) is 4.20. The highest BCUT2D eigenvalue weighted by atomic mass is 35.5. The molecule has 0 saturated carbocycles. The second-order valence-electron chi connectivity index (χ2n) is 3.56. The van der Waals surface area contributed by atoms with Crippen LogP contribution in [-0.2, 0) is 10.6 Å². The third kappa shape index (κ3) is 1.86. The van der Waals surface area contributed by atoms with E-state index in [9.17, 15) is 0 Å². The molecule has 1 fully saturated rings. The zero-order valence-electron chi connectivity index (χ0n) is 8.24. The number of hydrogen-bond acceptors (Lipinski definition) is 2. The summed E-state index contributed by atoms with van der Waals surface area (Å²) in [6.45, 7) is 1.99. The van der Waals surface area contributed by atoms with Gasteiger partial charge in [-0.15, -0.1) is 11.6 Å². The zero-order valence-corrected chi connectivity index (χ0v) is 9.00. The van der Waals surface area contributed by atoms with Crippen molar-refractivity contribution in [3.8, 4) is 0 Å². The smallest absolute Gasteiger partial charge is 0.0920 e. The van der Waals surface area contributed by atoms with Gasteiger partial charge in [0.1, 0.15) is 0 Å². The first-order chi connectivity index (χ1) is 6.83. The molecule has 1 aliphatic rings. The van der Waals surface area contributed by atoms with Crippen LogP contribution in [0.2, 0.25) is 0 Å². The van der Waals surface area contributed by atoms with E-state index in [-0.39, 0.29) is 0 Å². The summed E-state index contributed by atoms with van der Waals surface area (Å²) >= 11 is 5.72. The van der Waals surface area contributed by atoms with Crippen LogP contribution in [0.25, 0.3) is 0 Å². The lowest BCUT2D eigenvalue weighted by Gasteiger charge is -2.40. The Bertz CT molecular complexity index is 293. The quantitative estimate of drug-likeness (QED) is 0.712. The fourth-order valence-electron chi connectivity index (χ4n) is 1.59. The van der Waals surface area contributed by atoms with Gasteiger partial charge in [0.15, 0.2) is 0 Å². The van der Waals surface area contributed by atoms with Crippen molar-refractivity contribution in [3.63, 3.8) is 0 Å². The molecule has 0 unspecified atom stereocenters. The van der Waals surface area contributed by atoms with Crippen molar-refractivity contribution in [2.45, 2.75) is 12.0 Å². The molecule has 0 aromatic heterocycles. The van der Waals surface area contributed by atoms with Crippen LogP contribution in [0.1, 0.15) is 5.56 Å². The molecule has 1 saturated heterocycles. The van der Waals surface area contributed by atoms with Gasteiger partial charge in [0.05, 0.1) is 6.10 Å². The highest BCUT2D eigenvalue weighted by molar-refractivity contribution is 6.17. The summed E-state index contributed by atoms with van der Waals surface area (Å²) in [5, 5.41) is 0. The lowest BCUT2D eigenvalue weighted by Crippen LogP contribution is -2.51. The minimum absolute atomic E-state index is 0.405. The summed E-state index contributed by atoms with van der Waals surface area (Å²) in [6.07, 6.45) is 0.405. The molecular formula is C11H14ClNO. The molecule has 76 valence electrons. The Morgan fingerprint density at radius 3 is 2.50 bits per heavy atom. The highest BCUT2D eigenvalue weighted by Gasteiger charge is 2.26. The summed E-state index contributed by atoms with van der Waals surface area (Å²) < 4.78 is 5.22. The monoisotopic (exact) mass is 211 g/mol. The molecule has 1 aliphatic heterocycles. The van der Waals surface area contributed by atoms with Crippen LogP contribution in [-0.4, -0.2) is 26.3 Å². The standard InChI is InChI=1S/C11H14ClNO/c1-14-11-7-13(8-11)10-4-2-9(6-12)3-5-10/h2-5,11H,6-8H2,1H3. The number of nitrogens with zero attached hydrogens (tertiary/aromatic N) is 1. The van der Waals surface area contributed by atoms with Crippen LogP contribution < -0.4 is 4.90 Å². The van der Waals surface area contributed by atoms with Crippen molar-refractivity contribution in [2.75, 3.05) is 25.1 Å². The molecule has 2 rings (SSSR count). The summed E-state index contributed by atoms with van der Waals surface area (Å²) in [5.41, 5.74) is 2.42. The van der Waals surface area contributed by atoms with Crippen LogP contribution in [0.4, 0.5) is 5.69 Å². The van der Waals surface area contributed by atoms with Crippen molar-refractivity contribution in [1.82, 2.24) is 0 Å². The molecular weight excluding hydrogens is 198 g/mol. The molecule has 0 N–H and O–H groups in total. The van der Waals surface area contributed by atoms with E-state index in [1.54, 1.807) is 7.11 Å². The molecule has 1 aromatic carbocycles. The first kappa shape index (κ1) is 9.81.